The molecule has 7 heteroatoms. The van der Waals surface area contributed by atoms with Crippen LogP contribution in [0.3, 0.4) is 0 Å². The predicted octanol–water partition coefficient (Wildman–Crippen LogP) is 4.90. The summed E-state index contributed by atoms with van der Waals surface area (Å²) in [5.41, 5.74) is 2.85. The molecular formula is C22H18FN3O2S. The largest absolute Gasteiger partial charge is 0.497 e. The number of anilines is 1. The van der Waals surface area contributed by atoms with Crippen molar-refractivity contribution in [1.82, 2.24) is 9.55 Å². The fraction of sp³-hybridized carbons (Fsp3) is 0.0909. The highest BCUT2D eigenvalue weighted by molar-refractivity contribution is 7.99. The quantitative estimate of drug-likeness (QED) is 0.462. The SMILES string of the molecule is COc1ccc(-n2c(SCC(=O)Nc3ccccc3F)nc3ccccc32)cc1. The third-order valence-corrected chi connectivity index (χ3v) is 5.28. The maximum atomic E-state index is 13.8. The first kappa shape index (κ1) is 19.0. The fourth-order valence-electron chi connectivity index (χ4n) is 2.96. The van der Waals surface area contributed by atoms with Crippen molar-refractivity contribution in [3.63, 3.8) is 0 Å². The number of para-hydroxylation sites is 3. The number of aromatic nitrogens is 2. The lowest BCUT2D eigenvalue weighted by molar-refractivity contribution is -0.113. The molecule has 0 saturated heterocycles. The molecule has 0 atom stereocenters. The first-order valence-electron chi connectivity index (χ1n) is 8.95. The Bertz CT molecular complexity index is 1160. The molecule has 1 heterocycles. The maximum Gasteiger partial charge on any atom is 0.234 e. The Morgan fingerprint density at radius 2 is 1.79 bits per heavy atom. The highest BCUT2D eigenvalue weighted by atomic mass is 32.2. The number of nitrogens with zero attached hydrogens (tertiary/aromatic N) is 2. The summed E-state index contributed by atoms with van der Waals surface area (Å²) in [7, 11) is 1.62. The summed E-state index contributed by atoms with van der Waals surface area (Å²) in [6.45, 7) is 0. The van der Waals surface area contributed by atoms with Gasteiger partial charge in [-0.05, 0) is 48.5 Å². The zero-order valence-corrected chi connectivity index (χ0v) is 16.4. The van der Waals surface area contributed by atoms with Crippen molar-refractivity contribution in [2.45, 2.75) is 5.16 Å². The van der Waals surface area contributed by atoms with E-state index in [0.29, 0.717) is 5.16 Å². The summed E-state index contributed by atoms with van der Waals surface area (Å²) >= 11 is 1.30. The van der Waals surface area contributed by atoms with Crippen molar-refractivity contribution >= 4 is 34.4 Å². The smallest absolute Gasteiger partial charge is 0.234 e. The third-order valence-electron chi connectivity index (χ3n) is 4.34. The van der Waals surface area contributed by atoms with Gasteiger partial charge in [0.15, 0.2) is 5.16 Å². The van der Waals surface area contributed by atoms with Crippen LogP contribution in [0.2, 0.25) is 0 Å². The van der Waals surface area contributed by atoms with Gasteiger partial charge in [-0.2, -0.15) is 0 Å². The maximum absolute atomic E-state index is 13.8. The standard InChI is InChI=1S/C22H18FN3O2S/c1-28-16-12-10-15(11-13-16)26-20-9-5-4-8-19(20)25-22(26)29-14-21(27)24-18-7-3-2-6-17(18)23/h2-13H,14H2,1H3,(H,24,27). The number of halogens is 1. The fourth-order valence-corrected chi connectivity index (χ4v) is 3.79. The molecule has 146 valence electrons. The minimum Gasteiger partial charge on any atom is -0.497 e. The Morgan fingerprint density at radius 1 is 1.07 bits per heavy atom. The number of ether oxygens (including phenoxy) is 1. The van der Waals surface area contributed by atoms with Crippen LogP contribution in [0.5, 0.6) is 5.75 Å². The predicted molar refractivity (Wildman–Crippen MR) is 113 cm³/mol. The van der Waals surface area contributed by atoms with E-state index in [4.69, 9.17) is 4.74 Å². The van der Waals surface area contributed by atoms with Crippen molar-refractivity contribution in [3.05, 3.63) is 78.6 Å². The molecule has 0 bridgehead atoms. The van der Waals surface area contributed by atoms with Gasteiger partial charge in [-0.15, -0.1) is 0 Å². The number of hydrogen-bond donors (Lipinski definition) is 1. The number of carbonyl (C=O) groups is 1. The molecule has 0 unspecified atom stereocenters. The van der Waals surface area contributed by atoms with Gasteiger partial charge in [0.1, 0.15) is 11.6 Å². The van der Waals surface area contributed by atoms with Crippen molar-refractivity contribution < 1.29 is 13.9 Å². The van der Waals surface area contributed by atoms with Crippen LogP contribution in [0.4, 0.5) is 10.1 Å². The minimum atomic E-state index is -0.462. The second kappa shape index (κ2) is 8.36. The number of amides is 1. The van der Waals surface area contributed by atoms with Crippen molar-refractivity contribution in [1.29, 1.82) is 0 Å². The van der Waals surface area contributed by atoms with Crippen LogP contribution in [-0.4, -0.2) is 28.3 Å². The highest BCUT2D eigenvalue weighted by Gasteiger charge is 2.15. The van der Waals surface area contributed by atoms with E-state index in [-0.39, 0.29) is 17.3 Å². The van der Waals surface area contributed by atoms with E-state index in [0.717, 1.165) is 22.5 Å². The molecule has 0 aliphatic rings. The zero-order chi connectivity index (χ0) is 20.2. The van der Waals surface area contributed by atoms with Crippen molar-refractivity contribution in [2.24, 2.45) is 0 Å². The Kier molecular flexibility index (Phi) is 5.48. The van der Waals surface area contributed by atoms with Gasteiger partial charge >= 0.3 is 0 Å². The molecule has 0 radical (unpaired) electrons. The van der Waals surface area contributed by atoms with E-state index < -0.39 is 5.82 Å². The average molecular weight is 407 g/mol. The second-order valence-electron chi connectivity index (χ2n) is 6.23. The van der Waals surface area contributed by atoms with Gasteiger partial charge in [0.2, 0.25) is 5.91 Å². The van der Waals surface area contributed by atoms with Crippen LogP contribution in [-0.2, 0) is 4.79 Å². The summed E-state index contributed by atoms with van der Waals surface area (Å²) in [5.74, 6) is 0.106. The van der Waals surface area contributed by atoms with E-state index in [9.17, 15) is 9.18 Å². The number of rotatable bonds is 6. The van der Waals surface area contributed by atoms with Gasteiger partial charge in [0, 0.05) is 5.69 Å². The number of hydrogen-bond acceptors (Lipinski definition) is 4. The summed E-state index contributed by atoms with van der Waals surface area (Å²) in [5, 5.41) is 3.28. The second-order valence-corrected chi connectivity index (χ2v) is 7.18. The van der Waals surface area contributed by atoms with E-state index in [1.807, 2.05) is 53.1 Å². The molecule has 4 aromatic rings. The normalized spacial score (nSPS) is 10.8. The Morgan fingerprint density at radius 3 is 2.55 bits per heavy atom. The topological polar surface area (TPSA) is 56.1 Å². The number of benzene rings is 3. The molecule has 5 nitrogen and oxygen atoms in total. The lowest BCUT2D eigenvalue weighted by Gasteiger charge is -2.10. The van der Waals surface area contributed by atoms with Crippen LogP contribution in [0.1, 0.15) is 0 Å². The van der Waals surface area contributed by atoms with Gasteiger partial charge in [-0.1, -0.05) is 36.0 Å². The van der Waals surface area contributed by atoms with E-state index in [2.05, 4.69) is 10.3 Å². The van der Waals surface area contributed by atoms with Gasteiger partial charge in [0.05, 0.1) is 29.6 Å². The van der Waals surface area contributed by atoms with Gasteiger partial charge in [0.25, 0.3) is 0 Å². The van der Waals surface area contributed by atoms with Gasteiger partial charge < -0.3 is 10.1 Å². The lowest BCUT2D eigenvalue weighted by Crippen LogP contribution is -2.15. The molecule has 1 aromatic heterocycles. The number of nitrogens with one attached hydrogen (secondary N) is 1. The summed E-state index contributed by atoms with van der Waals surface area (Å²) in [4.78, 5) is 17.0. The Labute approximate surface area is 171 Å². The molecule has 0 fully saturated rings. The first-order valence-corrected chi connectivity index (χ1v) is 9.93. The summed E-state index contributed by atoms with van der Waals surface area (Å²) < 4.78 is 21.0. The number of imidazole rings is 1. The van der Waals surface area contributed by atoms with Crippen LogP contribution in [0.25, 0.3) is 16.7 Å². The van der Waals surface area contributed by atoms with E-state index >= 15 is 0 Å². The molecule has 0 spiro atoms. The lowest BCUT2D eigenvalue weighted by atomic mass is 10.2. The Balaban J connectivity index is 1.60. The van der Waals surface area contributed by atoms with Crippen LogP contribution in [0.15, 0.2) is 78.0 Å². The van der Waals surface area contributed by atoms with Crippen molar-refractivity contribution in [2.75, 3.05) is 18.2 Å². The molecule has 0 aliphatic carbocycles. The molecule has 0 saturated carbocycles. The van der Waals surface area contributed by atoms with E-state index in [1.165, 1.54) is 23.9 Å². The highest BCUT2D eigenvalue weighted by Crippen LogP contribution is 2.29. The van der Waals surface area contributed by atoms with Gasteiger partial charge in [-0.25, -0.2) is 9.37 Å². The minimum absolute atomic E-state index is 0.105. The van der Waals surface area contributed by atoms with Crippen molar-refractivity contribution in [3.8, 4) is 11.4 Å². The average Bonchev–Trinajstić information content (AvgIpc) is 3.12. The molecule has 1 amide bonds. The Hall–Kier alpha value is -3.32. The number of thioether (sulfide) groups is 1. The molecule has 29 heavy (non-hydrogen) atoms. The molecule has 4 rings (SSSR count). The zero-order valence-electron chi connectivity index (χ0n) is 15.6. The monoisotopic (exact) mass is 407 g/mol. The van der Waals surface area contributed by atoms with Crippen LogP contribution < -0.4 is 10.1 Å². The first-order chi connectivity index (χ1) is 14.2. The number of carbonyl (C=O) groups excluding carboxylic acids is 1. The molecule has 1 N–H and O–H groups in total. The van der Waals surface area contributed by atoms with Gasteiger partial charge in [-0.3, -0.25) is 9.36 Å². The molecule has 0 aliphatic heterocycles. The van der Waals surface area contributed by atoms with Crippen LogP contribution in [0, 0.1) is 5.82 Å². The molecular weight excluding hydrogens is 389 g/mol. The third kappa shape index (κ3) is 4.09. The number of methoxy groups -OCH3 is 1. The van der Waals surface area contributed by atoms with E-state index in [1.54, 1.807) is 19.2 Å². The number of fused-ring (bicyclic) bond motifs is 1. The molecule has 3 aromatic carbocycles. The van der Waals surface area contributed by atoms with Crippen LogP contribution >= 0.6 is 11.8 Å². The summed E-state index contributed by atoms with van der Waals surface area (Å²) in [6.07, 6.45) is 0. The summed E-state index contributed by atoms with van der Waals surface area (Å²) in [6, 6.07) is 21.5.